The standard InChI is InChI=1S/C17H26N2O2/c1-12-9-17(21-5)13(2)8-15(12)16(20)10-14-11-18(3)6-7-19(14)4/h8-9,14H,6-7,10-11H2,1-5H3. The van der Waals surface area contributed by atoms with Crippen molar-refractivity contribution in [3.8, 4) is 5.75 Å². The highest BCUT2D eigenvalue weighted by Crippen LogP contribution is 2.24. The van der Waals surface area contributed by atoms with Gasteiger partial charge in [0.25, 0.3) is 0 Å². The van der Waals surface area contributed by atoms with Crippen LogP contribution in [0.4, 0.5) is 0 Å². The Morgan fingerprint density at radius 2 is 1.95 bits per heavy atom. The Bertz CT molecular complexity index is 528. The van der Waals surface area contributed by atoms with Gasteiger partial charge in [0.2, 0.25) is 0 Å². The van der Waals surface area contributed by atoms with Crippen molar-refractivity contribution in [1.29, 1.82) is 0 Å². The van der Waals surface area contributed by atoms with Crippen LogP contribution in [-0.4, -0.2) is 62.5 Å². The van der Waals surface area contributed by atoms with E-state index in [2.05, 4.69) is 23.9 Å². The zero-order valence-corrected chi connectivity index (χ0v) is 13.8. The van der Waals surface area contributed by atoms with Crippen LogP contribution in [0.15, 0.2) is 12.1 Å². The van der Waals surface area contributed by atoms with Gasteiger partial charge in [0, 0.05) is 37.7 Å². The van der Waals surface area contributed by atoms with E-state index in [1.54, 1.807) is 7.11 Å². The van der Waals surface area contributed by atoms with E-state index in [4.69, 9.17) is 4.74 Å². The van der Waals surface area contributed by atoms with E-state index in [9.17, 15) is 4.79 Å². The number of rotatable bonds is 4. The maximum absolute atomic E-state index is 12.7. The minimum atomic E-state index is 0.227. The number of hydrogen-bond acceptors (Lipinski definition) is 4. The average Bonchev–Trinajstić information content (AvgIpc) is 2.44. The summed E-state index contributed by atoms with van der Waals surface area (Å²) in [6, 6.07) is 4.22. The second-order valence-electron chi connectivity index (χ2n) is 6.16. The molecule has 0 aliphatic carbocycles. The largest absolute Gasteiger partial charge is 0.496 e. The Balaban J connectivity index is 2.15. The molecule has 1 saturated heterocycles. The summed E-state index contributed by atoms with van der Waals surface area (Å²) in [6.45, 7) is 7.01. The third-order valence-electron chi connectivity index (χ3n) is 4.44. The molecule has 1 heterocycles. The number of hydrogen-bond donors (Lipinski definition) is 0. The van der Waals surface area contributed by atoms with Crippen LogP contribution in [-0.2, 0) is 0 Å². The molecule has 116 valence electrons. The number of piperazine rings is 1. The van der Waals surface area contributed by atoms with E-state index < -0.39 is 0 Å². The third-order valence-corrected chi connectivity index (χ3v) is 4.44. The maximum Gasteiger partial charge on any atom is 0.164 e. The molecule has 1 fully saturated rings. The Morgan fingerprint density at radius 1 is 1.24 bits per heavy atom. The highest BCUT2D eigenvalue weighted by molar-refractivity contribution is 5.98. The van der Waals surface area contributed by atoms with Crippen LogP contribution in [0.5, 0.6) is 5.75 Å². The molecular weight excluding hydrogens is 264 g/mol. The SMILES string of the molecule is COc1cc(C)c(C(=O)CC2CN(C)CCN2C)cc1C. The van der Waals surface area contributed by atoms with Crippen LogP contribution in [0, 0.1) is 13.8 Å². The molecule has 1 aliphatic heterocycles. The highest BCUT2D eigenvalue weighted by Gasteiger charge is 2.25. The van der Waals surface area contributed by atoms with E-state index in [-0.39, 0.29) is 5.78 Å². The number of aryl methyl sites for hydroxylation is 2. The van der Waals surface area contributed by atoms with Crippen molar-refractivity contribution in [3.05, 3.63) is 28.8 Å². The van der Waals surface area contributed by atoms with Gasteiger partial charge in [-0.15, -0.1) is 0 Å². The molecule has 0 saturated carbocycles. The topological polar surface area (TPSA) is 32.8 Å². The minimum Gasteiger partial charge on any atom is -0.496 e. The van der Waals surface area contributed by atoms with E-state index in [0.29, 0.717) is 12.5 Å². The summed E-state index contributed by atoms with van der Waals surface area (Å²) in [5.74, 6) is 1.07. The fourth-order valence-electron chi connectivity index (χ4n) is 2.96. The van der Waals surface area contributed by atoms with Gasteiger partial charge in [-0.25, -0.2) is 0 Å². The summed E-state index contributed by atoms with van der Waals surface area (Å²) in [4.78, 5) is 17.2. The van der Waals surface area contributed by atoms with Crippen molar-refractivity contribution in [1.82, 2.24) is 9.80 Å². The van der Waals surface area contributed by atoms with Gasteiger partial charge in [-0.2, -0.15) is 0 Å². The molecule has 0 aromatic heterocycles. The highest BCUT2D eigenvalue weighted by atomic mass is 16.5. The number of ketones is 1. The van der Waals surface area contributed by atoms with Gasteiger partial charge < -0.3 is 14.5 Å². The van der Waals surface area contributed by atoms with Crippen LogP contribution in [0.25, 0.3) is 0 Å². The van der Waals surface area contributed by atoms with Crippen molar-refractivity contribution < 1.29 is 9.53 Å². The zero-order valence-electron chi connectivity index (χ0n) is 13.8. The first-order valence-electron chi connectivity index (χ1n) is 7.49. The monoisotopic (exact) mass is 290 g/mol. The van der Waals surface area contributed by atoms with E-state index in [1.165, 1.54) is 0 Å². The number of ether oxygens (including phenoxy) is 1. The van der Waals surface area contributed by atoms with Crippen molar-refractivity contribution >= 4 is 5.78 Å². The molecule has 21 heavy (non-hydrogen) atoms. The van der Waals surface area contributed by atoms with Gasteiger partial charge in [-0.05, 0) is 51.2 Å². The molecule has 1 unspecified atom stereocenters. The number of nitrogens with zero attached hydrogens (tertiary/aromatic N) is 2. The summed E-state index contributed by atoms with van der Waals surface area (Å²) >= 11 is 0. The molecule has 0 amide bonds. The first-order chi connectivity index (χ1) is 9.92. The summed E-state index contributed by atoms with van der Waals surface area (Å²) < 4.78 is 5.32. The first kappa shape index (κ1) is 16.0. The van der Waals surface area contributed by atoms with Gasteiger partial charge in [-0.3, -0.25) is 4.79 Å². The molecule has 4 nitrogen and oxygen atoms in total. The first-order valence-corrected chi connectivity index (χ1v) is 7.49. The lowest BCUT2D eigenvalue weighted by molar-refractivity contribution is 0.0809. The number of Topliss-reactive ketones (excluding diaryl/α,β-unsaturated/α-hetero) is 1. The molecule has 1 atom stereocenters. The van der Waals surface area contributed by atoms with Crippen LogP contribution in [0.1, 0.15) is 27.9 Å². The normalized spacial score (nSPS) is 20.5. The zero-order chi connectivity index (χ0) is 15.6. The summed E-state index contributed by atoms with van der Waals surface area (Å²) in [7, 11) is 5.89. The van der Waals surface area contributed by atoms with Crippen molar-refractivity contribution in [2.75, 3.05) is 40.8 Å². The molecule has 2 rings (SSSR count). The summed E-state index contributed by atoms with van der Waals surface area (Å²) in [6.07, 6.45) is 0.577. The second-order valence-corrected chi connectivity index (χ2v) is 6.16. The molecular formula is C17H26N2O2. The fourth-order valence-corrected chi connectivity index (χ4v) is 2.96. The number of carbonyl (C=O) groups is 1. The average molecular weight is 290 g/mol. The molecule has 0 bridgehead atoms. The lowest BCUT2D eigenvalue weighted by Gasteiger charge is -2.37. The van der Waals surface area contributed by atoms with Gasteiger partial charge in [-0.1, -0.05) is 0 Å². The van der Waals surface area contributed by atoms with Crippen LogP contribution < -0.4 is 4.74 Å². The quantitative estimate of drug-likeness (QED) is 0.795. The number of likely N-dealkylation sites (N-methyl/N-ethyl adjacent to an activating group) is 2. The molecule has 1 aromatic carbocycles. The predicted octanol–water partition coefficient (Wildman–Crippen LogP) is 2.13. The third kappa shape index (κ3) is 3.63. The molecule has 1 aliphatic rings. The van der Waals surface area contributed by atoms with Gasteiger partial charge in [0.05, 0.1) is 7.11 Å². The molecule has 1 aromatic rings. The maximum atomic E-state index is 12.7. The molecule has 4 heteroatoms. The van der Waals surface area contributed by atoms with Crippen LogP contribution in [0.2, 0.25) is 0 Å². The number of methoxy groups -OCH3 is 1. The van der Waals surface area contributed by atoms with Crippen molar-refractivity contribution in [3.63, 3.8) is 0 Å². The minimum absolute atomic E-state index is 0.227. The van der Waals surface area contributed by atoms with E-state index >= 15 is 0 Å². The molecule has 0 radical (unpaired) electrons. The van der Waals surface area contributed by atoms with Gasteiger partial charge >= 0.3 is 0 Å². The lowest BCUT2D eigenvalue weighted by atomic mass is 9.96. The fraction of sp³-hybridized carbons (Fsp3) is 0.588. The summed E-state index contributed by atoms with van der Waals surface area (Å²) in [5.41, 5.74) is 2.84. The number of benzene rings is 1. The van der Waals surface area contributed by atoms with Crippen LogP contribution in [0.3, 0.4) is 0 Å². The Morgan fingerprint density at radius 3 is 2.62 bits per heavy atom. The van der Waals surface area contributed by atoms with Crippen LogP contribution >= 0.6 is 0 Å². The number of carbonyl (C=O) groups excluding carboxylic acids is 1. The Kier molecular flexibility index (Phi) is 5.01. The van der Waals surface area contributed by atoms with Gasteiger partial charge in [0.1, 0.15) is 5.75 Å². The molecule has 0 spiro atoms. The molecule has 0 N–H and O–H groups in total. The lowest BCUT2D eigenvalue weighted by Crippen LogP contribution is -2.50. The van der Waals surface area contributed by atoms with Crippen molar-refractivity contribution in [2.45, 2.75) is 26.3 Å². The van der Waals surface area contributed by atoms with Crippen molar-refractivity contribution in [2.24, 2.45) is 0 Å². The Hall–Kier alpha value is -1.39. The Labute approximate surface area is 127 Å². The second kappa shape index (κ2) is 6.58. The summed E-state index contributed by atoms with van der Waals surface area (Å²) in [5, 5.41) is 0. The van der Waals surface area contributed by atoms with E-state index in [0.717, 1.165) is 42.1 Å². The predicted molar refractivity (Wildman–Crippen MR) is 85.3 cm³/mol. The smallest absolute Gasteiger partial charge is 0.164 e. The van der Waals surface area contributed by atoms with E-state index in [1.807, 2.05) is 26.0 Å². The van der Waals surface area contributed by atoms with Gasteiger partial charge in [0.15, 0.2) is 5.78 Å².